The number of fused-ring (bicyclic) bond motifs is 1. The molecule has 160 valence electrons. The van der Waals surface area contributed by atoms with Crippen molar-refractivity contribution in [1.82, 2.24) is 19.7 Å². The van der Waals surface area contributed by atoms with Crippen molar-refractivity contribution in [2.45, 2.75) is 18.4 Å². The van der Waals surface area contributed by atoms with Gasteiger partial charge in [-0.15, -0.1) is 5.10 Å². The number of amidine groups is 1. The van der Waals surface area contributed by atoms with Crippen LogP contribution in [-0.2, 0) is 12.4 Å². The average Bonchev–Trinajstić information content (AvgIpc) is 3.09. The van der Waals surface area contributed by atoms with E-state index in [0.29, 0.717) is 37.1 Å². The van der Waals surface area contributed by atoms with Gasteiger partial charge in [0.15, 0.2) is 5.82 Å². The number of benzene rings is 1. The van der Waals surface area contributed by atoms with Crippen molar-refractivity contribution >= 4 is 12.0 Å². The first-order valence-corrected chi connectivity index (χ1v) is 8.92. The fraction of sp³-hybridized carbons (Fsp3) is 0.389. The van der Waals surface area contributed by atoms with Crippen LogP contribution < -0.4 is 5.73 Å². The zero-order valence-electron chi connectivity index (χ0n) is 15.2. The molecule has 0 amide bonds. The Labute approximate surface area is 166 Å². The molecular weight excluding hydrogens is 414 g/mol. The molecule has 1 saturated heterocycles. The molecule has 2 unspecified atom stereocenters. The molecule has 12 heteroatoms. The van der Waals surface area contributed by atoms with Crippen LogP contribution in [0.25, 0.3) is 17.6 Å². The second-order valence-electron chi connectivity index (χ2n) is 7.35. The number of nitrogens with two attached hydrogens (primary N) is 1. The van der Waals surface area contributed by atoms with Crippen molar-refractivity contribution in [3.05, 3.63) is 41.7 Å². The monoisotopic (exact) mass is 430 g/mol. The van der Waals surface area contributed by atoms with Crippen molar-refractivity contribution in [3.63, 3.8) is 0 Å². The van der Waals surface area contributed by atoms with Gasteiger partial charge in [-0.1, -0.05) is 0 Å². The summed E-state index contributed by atoms with van der Waals surface area (Å²) in [4.78, 5) is 5.65. The normalized spacial score (nSPS) is 23.8. The van der Waals surface area contributed by atoms with Crippen LogP contribution in [-0.4, -0.2) is 44.6 Å². The molecule has 6 nitrogen and oxygen atoms in total. The second-order valence-corrected chi connectivity index (χ2v) is 7.35. The van der Waals surface area contributed by atoms with Gasteiger partial charge < -0.3 is 10.6 Å². The van der Waals surface area contributed by atoms with E-state index >= 15 is 0 Å². The molecule has 2 heterocycles. The third-order valence-corrected chi connectivity index (χ3v) is 5.34. The first kappa shape index (κ1) is 20.4. The van der Waals surface area contributed by atoms with Crippen molar-refractivity contribution < 1.29 is 26.3 Å². The van der Waals surface area contributed by atoms with E-state index in [2.05, 4.69) is 10.1 Å². The number of piperidine rings is 1. The van der Waals surface area contributed by atoms with E-state index in [9.17, 15) is 26.3 Å². The number of nitrogens with zero attached hydrogens (tertiary/aromatic N) is 4. The van der Waals surface area contributed by atoms with E-state index in [4.69, 9.17) is 11.1 Å². The number of rotatable bonds is 3. The Morgan fingerprint density at radius 1 is 1.03 bits per heavy atom. The molecule has 1 aromatic heterocycles. The maximum Gasteiger partial charge on any atom is 0.416 e. The summed E-state index contributed by atoms with van der Waals surface area (Å²) in [5.41, 5.74) is 2.57. The highest BCUT2D eigenvalue weighted by Crippen LogP contribution is 2.43. The van der Waals surface area contributed by atoms with Gasteiger partial charge in [0.25, 0.3) is 0 Å². The van der Waals surface area contributed by atoms with Gasteiger partial charge in [0.2, 0.25) is 0 Å². The molecule has 30 heavy (non-hydrogen) atoms. The minimum atomic E-state index is -4.95. The summed E-state index contributed by atoms with van der Waals surface area (Å²) in [6.07, 6.45) is -5.97. The number of likely N-dealkylation sites (tertiary alicyclic amines) is 1. The number of hydrogen-bond acceptors (Lipinski definition) is 4. The maximum atomic E-state index is 13.0. The molecule has 2 atom stereocenters. The third-order valence-electron chi connectivity index (χ3n) is 5.34. The molecule has 1 saturated carbocycles. The zero-order chi connectivity index (χ0) is 21.8. The zero-order valence-corrected chi connectivity index (χ0v) is 15.2. The molecule has 0 bridgehead atoms. The first-order valence-electron chi connectivity index (χ1n) is 8.92. The number of hydrogen-bond donors (Lipinski definition) is 2. The Morgan fingerprint density at radius 2 is 1.60 bits per heavy atom. The molecular formula is C18H16F6N6. The van der Waals surface area contributed by atoms with Crippen molar-refractivity contribution in [2.24, 2.45) is 17.6 Å². The van der Waals surface area contributed by atoms with Crippen molar-refractivity contribution in [1.29, 1.82) is 5.41 Å². The quantitative estimate of drug-likeness (QED) is 0.445. The summed E-state index contributed by atoms with van der Waals surface area (Å²) in [6, 6.07) is 1.37. The van der Waals surface area contributed by atoms with Crippen LogP contribution in [0.15, 0.2) is 30.6 Å². The smallest absolute Gasteiger partial charge is 0.356 e. The fourth-order valence-corrected chi connectivity index (χ4v) is 3.58. The van der Waals surface area contributed by atoms with E-state index in [1.54, 1.807) is 0 Å². The fourth-order valence-electron chi connectivity index (χ4n) is 3.58. The van der Waals surface area contributed by atoms with E-state index in [1.807, 2.05) is 4.90 Å². The number of alkyl halides is 6. The third kappa shape index (κ3) is 3.91. The van der Waals surface area contributed by atoms with Gasteiger partial charge in [0.1, 0.15) is 12.2 Å². The summed E-state index contributed by atoms with van der Waals surface area (Å²) in [5, 5.41) is 12.0. The summed E-state index contributed by atoms with van der Waals surface area (Å²) in [7, 11) is 0. The highest BCUT2D eigenvalue weighted by atomic mass is 19.4. The molecule has 3 N–H and O–H groups in total. The summed E-state index contributed by atoms with van der Waals surface area (Å²) >= 11 is 0. The highest BCUT2D eigenvalue weighted by Gasteiger charge is 2.53. The predicted molar refractivity (Wildman–Crippen MR) is 95.0 cm³/mol. The molecule has 0 spiro atoms. The first-order chi connectivity index (χ1) is 13.9. The molecule has 2 aliphatic rings. The number of aromatic nitrogens is 3. The van der Waals surface area contributed by atoms with Gasteiger partial charge in [-0.3, -0.25) is 5.41 Å². The van der Waals surface area contributed by atoms with Crippen molar-refractivity contribution in [2.75, 3.05) is 13.1 Å². The molecule has 1 aliphatic carbocycles. The lowest BCUT2D eigenvalue weighted by Crippen LogP contribution is -2.32. The molecule has 4 rings (SSSR count). The van der Waals surface area contributed by atoms with Crippen LogP contribution >= 0.6 is 0 Å². The lowest BCUT2D eigenvalue weighted by molar-refractivity contribution is -0.143. The lowest BCUT2D eigenvalue weighted by Gasteiger charge is -2.19. The SMILES string of the molecule is N=C(/C=C\n1cnc(-c2cc(C(F)(F)F)cc(C(F)(F)F)c2)n1)N1CC2C(N)C2C1. The van der Waals surface area contributed by atoms with Crippen LogP contribution in [0, 0.1) is 17.2 Å². The molecule has 2 fully saturated rings. The second kappa shape index (κ2) is 6.83. The Kier molecular flexibility index (Phi) is 4.64. The predicted octanol–water partition coefficient (Wildman–Crippen LogP) is 3.32. The Hall–Kier alpha value is -2.89. The van der Waals surface area contributed by atoms with Gasteiger partial charge in [-0.2, -0.15) is 26.3 Å². The standard InChI is InChI=1S/C18H16F6N6/c19-17(20,21)10-3-9(4-11(5-10)18(22,23)24)16-27-8-30(28-16)2-1-14(25)29-6-12-13(7-29)15(12)26/h1-5,8,12-13,15,25H,6-7,26H2/b2-1-,25-14?. The van der Waals surface area contributed by atoms with Gasteiger partial charge in [-0.25, -0.2) is 9.67 Å². The van der Waals surface area contributed by atoms with Crippen LogP contribution in [0.3, 0.4) is 0 Å². The minimum Gasteiger partial charge on any atom is -0.356 e. The van der Waals surface area contributed by atoms with Crippen LogP contribution in [0.4, 0.5) is 26.3 Å². The van der Waals surface area contributed by atoms with E-state index in [0.717, 1.165) is 11.0 Å². The molecule has 1 aliphatic heterocycles. The van der Waals surface area contributed by atoms with E-state index in [-0.39, 0.29) is 23.8 Å². The van der Waals surface area contributed by atoms with Crippen LogP contribution in [0.2, 0.25) is 0 Å². The number of nitrogens with one attached hydrogen (secondary N) is 1. The largest absolute Gasteiger partial charge is 0.416 e. The van der Waals surface area contributed by atoms with Crippen LogP contribution in [0.5, 0.6) is 0 Å². The molecule has 2 aromatic rings. The summed E-state index contributed by atoms with van der Waals surface area (Å²) < 4.78 is 79.2. The Balaban J connectivity index is 1.54. The number of halogens is 6. The van der Waals surface area contributed by atoms with E-state index < -0.39 is 29.0 Å². The van der Waals surface area contributed by atoms with Crippen LogP contribution in [0.1, 0.15) is 11.1 Å². The van der Waals surface area contributed by atoms with Crippen molar-refractivity contribution in [3.8, 4) is 11.4 Å². The lowest BCUT2D eigenvalue weighted by atomic mass is 10.0. The van der Waals surface area contributed by atoms with Gasteiger partial charge in [0.05, 0.1) is 11.1 Å². The maximum absolute atomic E-state index is 13.0. The van der Waals surface area contributed by atoms with E-state index in [1.165, 1.54) is 12.3 Å². The minimum absolute atomic E-state index is 0.0498. The molecule has 0 radical (unpaired) electrons. The Bertz CT molecular complexity index is 963. The van der Waals surface area contributed by atoms with Gasteiger partial charge in [-0.05, 0) is 36.1 Å². The molecule has 1 aromatic carbocycles. The van der Waals surface area contributed by atoms with Gasteiger partial charge >= 0.3 is 12.4 Å². The summed E-state index contributed by atoms with van der Waals surface area (Å²) in [6.45, 7) is 1.37. The highest BCUT2D eigenvalue weighted by molar-refractivity contribution is 5.93. The average molecular weight is 430 g/mol. The van der Waals surface area contributed by atoms with Gasteiger partial charge in [0, 0.05) is 30.9 Å². The Morgan fingerprint density at radius 3 is 2.13 bits per heavy atom. The topological polar surface area (TPSA) is 83.8 Å². The summed E-state index contributed by atoms with van der Waals surface area (Å²) in [5.74, 6) is 0.696.